The van der Waals surface area contributed by atoms with E-state index in [9.17, 15) is 5.26 Å². The summed E-state index contributed by atoms with van der Waals surface area (Å²) >= 11 is 0. The van der Waals surface area contributed by atoms with Crippen LogP contribution in [0.3, 0.4) is 0 Å². The minimum absolute atomic E-state index is 0.214. The molecule has 0 spiro atoms. The van der Waals surface area contributed by atoms with Crippen molar-refractivity contribution in [3.05, 3.63) is 72.6 Å². The van der Waals surface area contributed by atoms with Gasteiger partial charge >= 0.3 is 0 Å². The molecule has 216 valence electrons. The van der Waals surface area contributed by atoms with Crippen molar-refractivity contribution in [3.8, 4) is 28.7 Å². The maximum absolute atomic E-state index is 9.59. The van der Waals surface area contributed by atoms with E-state index >= 15 is 0 Å². The van der Waals surface area contributed by atoms with E-state index in [1.54, 1.807) is 36.6 Å². The van der Waals surface area contributed by atoms with Gasteiger partial charge in [-0.3, -0.25) is 4.90 Å². The summed E-state index contributed by atoms with van der Waals surface area (Å²) < 4.78 is 18.9. The Morgan fingerprint density at radius 1 is 1.07 bits per heavy atom. The molecule has 2 aliphatic heterocycles. The van der Waals surface area contributed by atoms with Crippen LogP contribution in [-0.2, 0) is 11.3 Å². The number of nitrogens with one attached hydrogen (secondary N) is 1. The highest BCUT2D eigenvalue weighted by Gasteiger charge is 2.30. The zero-order valence-electron chi connectivity index (χ0n) is 23.8. The molecule has 0 radical (unpaired) electrons. The van der Waals surface area contributed by atoms with E-state index in [4.69, 9.17) is 14.2 Å². The van der Waals surface area contributed by atoms with Gasteiger partial charge in [0.25, 0.3) is 0 Å². The lowest BCUT2D eigenvalue weighted by atomic mass is 9.88. The van der Waals surface area contributed by atoms with Gasteiger partial charge in [0.05, 0.1) is 44.2 Å². The summed E-state index contributed by atoms with van der Waals surface area (Å²) in [6, 6.07) is 14.6. The first-order valence-corrected chi connectivity index (χ1v) is 14.2. The third-order valence-corrected chi connectivity index (χ3v) is 7.94. The van der Waals surface area contributed by atoms with Crippen molar-refractivity contribution in [3.63, 3.8) is 0 Å². The van der Waals surface area contributed by atoms with Crippen molar-refractivity contribution in [2.45, 2.75) is 44.4 Å². The highest BCUT2D eigenvalue weighted by atomic mass is 16.5. The van der Waals surface area contributed by atoms with Crippen LogP contribution in [0.25, 0.3) is 11.1 Å². The van der Waals surface area contributed by atoms with Crippen LogP contribution in [-0.4, -0.2) is 75.2 Å². The Labute approximate surface area is 245 Å². The molecular formula is C31H34N8O3. The van der Waals surface area contributed by atoms with E-state index in [1.807, 2.05) is 25.1 Å². The lowest BCUT2D eigenvalue weighted by Crippen LogP contribution is -2.51. The molecule has 2 saturated heterocycles. The van der Waals surface area contributed by atoms with E-state index in [-0.39, 0.29) is 6.10 Å². The van der Waals surface area contributed by atoms with Crippen LogP contribution in [0.1, 0.15) is 36.8 Å². The Morgan fingerprint density at radius 3 is 2.55 bits per heavy atom. The molecule has 1 N–H and O–H groups in total. The fraction of sp³-hybridized carbons (Fsp3) is 0.387. The Kier molecular flexibility index (Phi) is 8.26. The zero-order valence-corrected chi connectivity index (χ0v) is 23.8. The number of hydrogen-bond acceptors (Lipinski definition) is 10. The maximum atomic E-state index is 9.59. The first-order valence-electron chi connectivity index (χ1n) is 14.2. The second-order valence-corrected chi connectivity index (χ2v) is 10.8. The summed E-state index contributed by atoms with van der Waals surface area (Å²) in [6.45, 7) is 6.39. The topological polar surface area (TPSA) is 123 Å². The lowest BCUT2D eigenvalue weighted by Gasteiger charge is -2.41. The van der Waals surface area contributed by atoms with Crippen molar-refractivity contribution in [1.29, 1.82) is 5.26 Å². The van der Waals surface area contributed by atoms with Crippen molar-refractivity contribution in [2.24, 2.45) is 0 Å². The van der Waals surface area contributed by atoms with Gasteiger partial charge in [-0.15, -0.1) is 0 Å². The standard InChI is InChI=1S/C31H34N8O3/c1-21(16-39-20-33-19-36-39)42-29-11-24(3-4-25(29)13-32)26-14-34-31(35-15-26)37-28-6-5-23(12-30(28)40-2)22-7-9-38(10-8-22)27-17-41-18-27/h3-6,11-12,14-15,19-22,27H,7-10,16-18H2,1-2H3,(H,34,35,37). The predicted molar refractivity (Wildman–Crippen MR) is 157 cm³/mol. The molecule has 0 aliphatic carbocycles. The summed E-state index contributed by atoms with van der Waals surface area (Å²) in [5.41, 5.74) is 4.22. The fourth-order valence-electron chi connectivity index (χ4n) is 5.50. The number of benzene rings is 2. The van der Waals surface area contributed by atoms with Gasteiger partial charge in [-0.2, -0.15) is 10.4 Å². The van der Waals surface area contributed by atoms with Crippen LogP contribution in [0.5, 0.6) is 11.5 Å². The molecule has 0 saturated carbocycles. The summed E-state index contributed by atoms with van der Waals surface area (Å²) in [6.07, 6.45) is 8.68. The van der Waals surface area contributed by atoms with Crippen LogP contribution in [0.15, 0.2) is 61.4 Å². The summed E-state index contributed by atoms with van der Waals surface area (Å²) in [5.74, 6) is 2.25. The fourth-order valence-corrected chi connectivity index (χ4v) is 5.50. The summed E-state index contributed by atoms with van der Waals surface area (Å²) in [7, 11) is 1.69. The summed E-state index contributed by atoms with van der Waals surface area (Å²) in [4.78, 5) is 15.6. The molecule has 2 aliphatic rings. The minimum Gasteiger partial charge on any atom is -0.495 e. The molecule has 1 unspecified atom stereocenters. The van der Waals surface area contributed by atoms with Gasteiger partial charge in [0.15, 0.2) is 0 Å². The maximum Gasteiger partial charge on any atom is 0.227 e. The van der Waals surface area contributed by atoms with Gasteiger partial charge in [0.1, 0.15) is 36.3 Å². The number of rotatable bonds is 10. The van der Waals surface area contributed by atoms with Gasteiger partial charge in [0, 0.05) is 18.0 Å². The van der Waals surface area contributed by atoms with Crippen molar-refractivity contribution < 1.29 is 14.2 Å². The van der Waals surface area contributed by atoms with E-state index in [1.165, 1.54) is 11.9 Å². The molecule has 0 amide bonds. The van der Waals surface area contributed by atoms with Gasteiger partial charge in [-0.05, 0) is 74.2 Å². The van der Waals surface area contributed by atoms with E-state index in [0.29, 0.717) is 35.8 Å². The number of ether oxygens (including phenoxy) is 3. The molecule has 0 bridgehead atoms. The van der Waals surface area contributed by atoms with E-state index in [2.05, 4.69) is 48.5 Å². The Bertz CT molecular complexity index is 1530. The third kappa shape index (κ3) is 6.20. The SMILES string of the molecule is COc1cc(C2CCN(C3COC3)CC2)ccc1Nc1ncc(-c2ccc(C#N)c(OC(C)Cn3cncn3)c2)cn1. The number of likely N-dealkylation sites (tertiary alicyclic amines) is 1. The average Bonchev–Trinajstić information content (AvgIpc) is 3.50. The van der Waals surface area contributed by atoms with Crippen molar-refractivity contribution in [1.82, 2.24) is 29.6 Å². The second kappa shape index (κ2) is 12.5. The molecule has 11 nitrogen and oxygen atoms in total. The molecule has 2 aromatic heterocycles. The molecule has 4 aromatic rings. The Morgan fingerprint density at radius 2 is 1.88 bits per heavy atom. The largest absolute Gasteiger partial charge is 0.495 e. The van der Waals surface area contributed by atoms with Gasteiger partial charge in [-0.1, -0.05) is 12.1 Å². The monoisotopic (exact) mass is 566 g/mol. The minimum atomic E-state index is -0.214. The Balaban J connectivity index is 1.11. The highest BCUT2D eigenvalue weighted by Crippen LogP contribution is 2.36. The van der Waals surface area contributed by atoms with Gasteiger partial charge in [0.2, 0.25) is 5.95 Å². The average molecular weight is 567 g/mol. The number of nitriles is 1. The van der Waals surface area contributed by atoms with E-state index in [0.717, 1.165) is 61.7 Å². The van der Waals surface area contributed by atoms with Gasteiger partial charge < -0.3 is 19.5 Å². The summed E-state index contributed by atoms with van der Waals surface area (Å²) in [5, 5.41) is 17.0. The second-order valence-electron chi connectivity index (χ2n) is 10.8. The number of nitrogens with zero attached hydrogens (tertiary/aromatic N) is 7. The molecule has 2 aromatic carbocycles. The number of piperidine rings is 1. The zero-order chi connectivity index (χ0) is 28.9. The molecule has 4 heterocycles. The molecule has 6 rings (SSSR count). The smallest absolute Gasteiger partial charge is 0.227 e. The molecule has 42 heavy (non-hydrogen) atoms. The molecular weight excluding hydrogens is 532 g/mol. The number of aromatic nitrogens is 5. The number of methoxy groups -OCH3 is 1. The lowest BCUT2D eigenvalue weighted by molar-refractivity contribution is -0.0712. The van der Waals surface area contributed by atoms with Crippen LogP contribution in [0, 0.1) is 11.3 Å². The first kappa shape index (κ1) is 27.6. The molecule has 2 fully saturated rings. The number of anilines is 2. The quantitative estimate of drug-likeness (QED) is 0.295. The van der Waals surface area contributed by atoms with E-state index < -0.39 is 0 Å². The normalized spacial score (nSPS) is 16.8. The Hall–Kier alpha value is -4.53. The highest BCUT2D eigenvalue weighted by molar-refractivity contribution is 5.68. The van der Waals surface area contributed by atoms with Crippen LogP contribution in [0.2, 0.25) is 0 Å². The molecule has 1 atom stereocenters. The van der Waals surface area contributed by atoms with Gasteiger partial charge in [-0.25, -0.2) is 19.6 Å². The van der Waals surface area contributed by atoms with Crippen LogP contribution < -0.4 is 14.8 Å². The predicted octanol–water partition coefficient (Wildman–Crippen LogP) is 4.40. The van der Waals surface area contributed by atoms with Crippen LogP contribution >= 0.6 is 0 Å². The third-order valence-electron chi connectivity index (χ3n) is 7.94. The van der Waals surface area contributed by atoms with Crippen molar-refractivity contribution >= 4 is 11.6 Å². The first-order chi connectivity index (χ1) is 20.6. The van der Waals surface area contributed by atoms with Crippen LogP contribution in [0.4, 0.5) is 11.6 Å². The molecule has 11 heteroatoms. The number of hydrogen-bond donors (Lipinski definition) is 1. The van der Waals surface area contributed by atoms with Crippen molar-refractivity contribution in [2.75, 3.05) is 38.7 Å².